The quantitative estimate of drug-likeness (QED) is 0.378. The van der Waals surface area contributed by atoms with Crippen molar-refractivity contribution >= 4 is 50.7 Å². The van der Waals surface area contributed by atoms with E-state index in [-0.39, 0.29) is 30.6 Å². The van der Waals surface area contributed by atoms with Crippen molar-refractivity contribution in [3.63, 3.8) is 0 Å². The third kappa shape index (κ3) is 8.25. The van der Waals surface area contributed by atoms with Gasteiger partial charge in [-0.3, -0.25) is 13.9 Å². The summed E-state index contributed by atoms with van der Waals surface area (Å²) in [5.41, 5.74) is -0.975. The van der Waals surface area contributed by atoms with Gasteiger partial charge in [-0.25, -0.2) is 8.42 Å². The van der Waals surface area contributed by atoms with Gasteiger partial charge in [-0.15, -0.1) is 0 Å². The second-order valence-corrected chi connectivity index (χ2v) is 12.2. The highest BCUT2D eigenvalue weighted by Gasteiger charge is 2.36. The van der Waals surface area contributed by atoms with Gasteiger partial charge in [0.1, 0.15) is 12.6 Å². The number of amides is 2. The third-order valence-electron chi connectivity index (χ3n) is 6.58. The molecule has 1 atom stereocenters. The zero-order valence-corrected chi connectivity index (χ0v) is 23.8. The van der Waals surface area contributed by atoms with Crippen molar-refractivity contribution < 1.29 is 31.2 Å². The summed E-state index contributed by atoms with van der Waals surface area (Å²) in [7, 11) is -4.21. The first-order valence-corrected chi connectivity index (χ1v) is 15.0. The Morgan fingerprint density at radius 2 is 1.69 bits per heavy atom. The largest absolute Gasteiger partial charge is 0.417 e. The van der Waals surface area contributed by atoms with Gasteiger partial charge < -0.3 is 10.2 Å². The van der Waals surface area contributed by atoms with Gasteiger partial charge in [0.05, 0.1) is 22.5 Å². The topological polar surface area (TPSA) is 86.8 Å². The molecule has 2 aromatic carbocycles. The van der Waals surface area contributed by atoms with Crippen molar-refractivity contribution in [2.75, 3.05) is 17.1 Å². The normalized spacial score (nSPS) is 15.2. The van der Waals surface area contributed by atoms with Crippen LogP contribution < -0.4 is 9.62 Å². The molecule has 0 aliphatic heterocycles. The van der Waals surface area contributed by atoms with E-state index in [1.54, 1.807) is 31.2 Å². The monoisotopic (exact) mass is 607 g/mol. The molecule has 2 amide bonds. The van der Waals surface area contributed by atoms with E-state index in [0.29, 0.717) is 21.0 Å². The Bertz CT molecular complexity index is 1280. The van der Waals surface area contributed by atoms with Crippen LogP contribution in [0, 0.1) is 0 Å². The van der Waals surface area contributed by atoms with Crippen LogP contribution in [0.5, 0.6) is 0 Å². The lowest BCUT2D eigenvalue weighted by Crippen LogP contribution is -2.53. The lowest BCUT2D eigenvalue weighted by atomic mass is 10.1. The Kier molecular flexibility index (Phi) is 10.2. The molecule has 13 heteroatoms. The van der Waals surface area contributed by atoms with Gasteiger partial charge in [-0.05, 0) is 55.2 Å². The maximum atomic E-state index is 13.7. The first-order chi connectivity index (χ1) is 18.2. The van der Waals surface area contributed by atoms with Gasteiger partial charge >= 0.3 is 6.18 Å². The molecule has 39 heavy (non-hydrogen) atoms. The fraction of sp³-hybridized carbons (Fsp3) is 0.462. The Hall–Kier alpha value is -2.50. The summed E-state index contributed by atoms with van der Waals surface area (Å²) in [6, 6.07) is 8.25. The number of benzene rings is 2. The van der Waals surface area contributed by atoms with E-state index < -0.39 is 45.3 Å². The standard InChI is InChI=1S/C26H30Cl2F3N3O4S/c1-3-23(25(36)32-19-6-4-5-7-19)33(15-17-8-10-18(27)11-9-17)24(35)16-34(39(2,37)38)20-12-13-22(28)21(14-20)26(29,30)31/h8-14,19,23H,3-7,15-16H2,1-2H3,(H,32,36). The zero-order valence-electron chi connectivity index (χ0n) is 21.5. The number of rotatable bonds is 10. The van der Waals surface area contributed by atoms with Gasteiger partial charge in [0.15, 0.2) is 0 Å². The minimum atomic E-state index is -4.84. The first-order valence-electron chi connectivity index (χ1n) is 12.4. The summed E-state index contributed by atoms with van der Waals surface area (Å²) < 4.78 is 66.4. The van der Waals surface area contributed by atoms with Crippen LogP contribution in [0.3, 0.4) is 0 Å². The Labute approximate surface area is 236 Å². The predicted octanol–water partition coefficient (Wildman–Crippen LogP) is 5.64. The lowest BCUT2D eigenvalue weighted by Gasteiger charge is -2.33. The van der Waals surface area contributed by atoms with Crippen LogP contribution in [0.4, 0.5) is 18.9 Å². The summed E-state index contributed by atoms with van der Waals surface area (Å²) in [5.74, 6) is -1.13. The third-order valence-corrected chi connectivity index (χ3v) is 8.30. The van der Waals surface area contributed by atoms with Crippen molar-refractivity contribution in [1.82, 2.24) is 10.2 Å². The predicted molar refractivity (Wildman–Crippen MR) is 145 cm³/mol. The maximum Gasteiger partial charge on any atom is 0.417 e. The van der Waals surface area contributed by atoms with Crippen LogP contribution in [-0.4, -0.2) is 50.0 Å². The summed E-state index contributed by atoms with van der Waals surface area (Å²) >= 11 is 11.7. The van der Waals surface area contributed by atoms with Crippen LogP contribution in [0.1, 0.15) is 50.2 Å². The molecule has 2 aromatic rings. The molecule has 1 unspecified atom stereocenters. The molecular weight excluding hydrogens is 578 g/mol. The van der Waals surface area contributed by atoms with Gasteiger partial charge in [-0.2, -0.15) is 13.2 Å². The molecule has 0 radical (unpaired) electrons. The van der Waals surface area contributed by atoms with Crippen molar-refractivity contribution in [1.29, 1.82) is 0 Å². The smallest absolute Gasteiger partial charge is 0.352 e. The second-order valence-electron chi connectivity index (χ2n) is 9.49. The number of nitrogens with zero attached hydrogens (tertiary/aromatic N) is 2. The van der Waals surface area contributed by atoms with E-state index in [0.717, 1.165) is 44.1 Å². The van der Waals surface area contributed by atoms with E-state index in [4.69, 9.17) is 23.2 Å². The van der Waals surface area contributed by atoms with Crippen LogP contribution in [0.25, 0.3) is 0 Å². The molecule has 1 aliphatic rings. The van der Waals surface area contributed by atoms with Crippen LogP contribution in [-0.2, 0) is 32.3 Å². The van der Waals surface area contributed by atoms with Gasteiger partial charge in [0, 0.05) is 17.6 Å². The highest BCUT2D eigenvalue weighted by Crippen LogP contribution is 2.37. The molecule has 0 saturated heterocycles. The number of nitrogens with one attached hydrogen (secondary N) is 1. The zero-order chi connectivity index (χ0) is 29.0. The van der Waals surface area contributed by atoms with Crippen LogP contribution >= 0.6 is 23.2 Å². The van der Waals surface area contributed by atoms with E-state index in [9.17, 15) is 31.2 Å². The molecule has 0 spiro atoms. The minimum Gasteiger partial charge on any atom is -0.352 e. The number of carbonyl (C=O) groups excluding carboxylic acids is 2. The fourth-order valence-electron chi connectivity index (χ4n) is 4.57. The number of hydrogen-bond donors (Lipinski definition) is 1. The van der Waals surface area contributed by atoms with Gasteiger partial charge in [-0.1, -0.05) is 55.1 Å². The molecule has 0 bridgehead atoms. The molecule has 214 valence electrons. The van der Waals surface area contributed by atoms with Gasteiger partial charge in [0.25, 0.3) is 0 Å². The summed E-state index contributed by atoms with van der Waals surface area (Å²) in [5, 5.41) is 2.84. The summed E-state index contributed by atoms with van der Waals surface area (Å²) in [6.45, 7) is 0.862. The number of sulfonamides is 1. The van der Waals surface area contributed by atoms with Crippen LogP contribution in [0.15, 0.2) is 42.5 Å². The fourth-order valence-corrected chi connectivity index (χ4v) is 5.77. The van der Waals surface area contributed by atoms with E-state index in [1.807, 2.05) is 0 Å². The highest BCUT2D eigenvalue weighted by molar-refractivity contribution is 7.92. The maximum absolute atomic E-state index is 13.7. The van der Waals surface area contributed by atoms with Gasteiger partial charge in [0.2, 0.25) is 21.8 Å². The lowest BCUT2D eigenvalue weighted by molar-refractivity contribution is -0.140. The number of alkyl halides is 3. The average Bonchev–Trinajstić information content (AvgIpc) is 3.35. The summed E-state index contributed by atoms with van der Waals surface area (Å²) in [4.78, 5) is 28.2. The van der Waals surface area contributed by atoms with E-state index in [2.05, 4.69) is 5.32 Å². The number of carbonyl (C=O) groups is 2. The molecule has 1 aliphatic carbocycles. The minimum absolute atomic E-state index is 0.0126. The second kappa shape index (κ2) is 12.8. The van der Waals surface area contributed by atoms with Crippen molar-refractivity contribution in [2.45, 2.75) is 63.8 Å². The van der Waals surface area contributed by atoms with Crippen molar-refractivity contribution in [3.05, 3.63) is 63.6 Å². The molecule has 1 fully saturated rings. The van der Waals surface area contributed by atoms with Crippen molar-refractivity contribution in [2.24, 2.45) is 0 Å². The SMILES string of the molecule is CCC(C(=O)NC1CCCC1)N(Cc1ccc(Cl)cc1)C(=O)CN(c1ccc(Cl)c(C(F)(F)F)c1)S(C)(=O)=O. The van der Waals surface area contributed by atoms with E-state index >= 15 is 0 Å². The Morgan fingerprint density at radius 3 is 2.23 bits per heavy atom. The molecule has 1 saturated carbocycles. The van der Waals surface area contributed by atoms with Crippen LogP contribution in [0.2, 0.25) is 10.0 Å². The average molecular weight is 609 g/mol. The number of hydrogen-bond acceptors (Lipinski definition) is 4. The number of halogens is 5. The summed E-state index contributed by atoms with van der Waals surface area (Å²) in [6.07, 6.45) is -0.197. The molecule has 0 aromatic heterocycles. The first kappa shape index (κ1) is 31.0. The highest BCUT2D eigenvalue weighted by atomic mass is 35.5. The van der Waals surface area contributed by atoms with Crippen molar-refractivity contribution in [3.8, 4) is 0 Å². The molecule has 3 rings (SSSR count). The number of anilines is 1. The Morgan fingerprint density at radius 1 is 1.08 bits per heavy atom. The molecular formula is C26H30Cl2F3N3O4S. The Balaban J connectivity index is 1.97. The molecule has 1 N–H and O–H groups in total. The molecule has 7 nitrogen and oxygen atoms in total. The molecule has 0 heterocycles. The van der Waals surface area contributed by atoms with E-state index in [1.165, 1.54) is 4.90 Å².